The Bertz CT molecular complexity index is 632. The van der Waals surface area contributed by atoms with Crippen LogP contribution in [-0.2, 0) is 0 Å². The van der Waals surface area contributed by atoms with Gasteiger partial charge < -0.3 is 4.90 Å². The van der Waals surface area contributed by atoms with Crippen molar-refractivity contribution in [3.8, 4) is 0 Å². The van der Waals surface area contributed by atoms with Crippen LogP contribution in [0, 0.1) is 6.92 Å². The van der Waals surface area contributed by atoms with Gasteiger partial charge in [-0.25, -0.2) is 0 Å². The summed E-state index contributed by atoms with van der Waals surface area (Å²) in [6.45, 7) is 6.18. The van der Waals surface area contributed by atoms with Gasteiger partial charge in [-0.05, 0) is 30.7 Å². The van der Waals surface area contributed by atoms with Crippen LogP contribution in [0.2, 0.25) is 0 Å². The molecule has 3 heteroatoms. The molecule has 2 aromatic rings. The summed E-state index contributed by atoms with van der Waals surface area (Å²) < 4.78 is 0. The lowest BCUT2D eigenvalue weighted by Crippen LogP contribution is -2.19. The monoisotopic (exact) mass is 279 g/mol. The number of allylic oxidation sites excluding steroid dienone is 1. The van der Waals surface area contributed by atoms with E-state index in [9.17, 15) is 0 Å². The minimum atomic E-state index is 0.840. The molecule has 0 amide bonds. The highest BCUT2D eigenvalue weighted by Crippen LogP contribution is 2.20. The number of anilines is 2. The van der Waals surface area contributed by atoms with Gasteiger partial charge in [-0.2, -0.15) is 5.10 Å². The van der Waals surface area contributed by atoms with E-state index in [2.05, 4.69) is 30.7 Å². The fraction of sp³-hybridized carbons (Fsp3) is 0.167. The summed E-state index contributed by atoms with van der Waals surface area (Å²) in [7, 11) is 3.92. The van der Waals surface area contributed by atoms with Crippen LogP contribution in [0.25, 0.3) is 0 Å². The van der Waals surface area contributed by atoms with Crippen LogP contribution in [-0.4, -0.2) is 20.3 Å². The lowest BCUT2D eigenvalue weighted by atomic mass is 10.2. The summed E-state index contributed by atoms with van der Waals surface area (Å²) in [6, 6.07) is 18.3. The fourth-order valence-corrected chi connectivity index (χ4v) is 2.04. The van der Waals surface area contributed by atoms with Crippen molar-refractivity contribution in [3.05, 3.63) is 72.4 Å². The maximum atomic E-state index is 4.44. The van der Waals surface area contributed by atoms with Gasteiger partial charge in [0.05, 0.1) is 17.6 Å². The minimum Gasteiger partial charge on any atom is -0.344 e. The molecule has 0 fully saturated rings. The summed E-state index contributed by atoms with van der Waals surface area (Å²) in [5, 5.41) is 6.27. The minimum absolute atomic E-state index is 0.840. The van der Waals surface area contributed by atoms with Gasteiger partial charge in [0, 0.05) is 19.8 Å². The lowest BCUT2D eigenvalue weighted by Gasteiger charge is -2.21. The third-order valence-corrected chi connectivity index (χ3v) is 3.42. The van der Waals surface area contributed by atoms with E-state index in [1.54, 1.807) is 6.21 Å². The van der Waals surface area contributed by atoms with E-state index < -0.39 is 0 Å². The van der Waals surface area contributed by atoms with Gasteiger partial charge in [-0.1, -0.05) is 43.0 Å². The Morgan fingerprint density at radius 1 is 1.00 bits per heavy atom. The van der Waals surface area contributed by atoms with Gasteiger partial charge in [-0.15, -0.1) is 0 Å². The number of nitrogens with zero attached hydrogens (tertiary/aromatic N) is 3. The van der Waals surface area contributed by atoms with Crippen molar-refractivity contribution in [2.75, 3.05) is 24.0 Å². The van der Waals surface area contributed by atoms with Gasteiger partial charge in [0.2, 0.25) is 0 Å². The average molecular weight is 279 g/mol. The van der Waals surface area contributed by atoms with Crippen molar-refractivity contribution in [1.82, 2.24) is 0 Å². The molecule has 0 unspecified atom stereocenters. The van der Waals surface area contributed by atoms with Crippen LogP contribution in [0.15, 0.2) is 72.0 Å². The Morgan fingerprint density at radius 3 is 2.29 bits per heavy atom. The molecule has 0 bridgehead atoms. The molecule has 0 aliphatic rings. The number of hydrogen-bond acceptors (Lipinski definition) is 3. The SMILES string of the molecule is C=C(/C=N/N(C)c1ccccc1)N(C)c1ccccc1C. The molecule has 108 valence electrons. The third-order valence-electron chi connectivity index (χ3n) is 3.42. The quantitative estimate of drug-likeness (QED) is 0.607. The zero-order chi connectivity index (χ0) is 15.2. The average Bonchev–Trinajstić information content (AvgIpc) is 2.53. The number of aryl methyl sites for hydroxylation is 1. The number of para-hydroxylation sites is 2. The molecule has 0 saturated heterocycles. The molecule has 0 aliphatic heterocycles. The number of benzene rings is 2. The standard InChI is InChI=1S/C18H21N3/c1-15-10-8-9-13-18(15)20(3)16(2)14-19-21(4)17-11-6-5-7-12-17/h5-14H,2H2,1,3-4H3/b19-14+. The molecule has 0 atom stereocenters. The van der Waals surface area contributed by atoms with E-state index in [1.165, 1.54) is 5.56 Å². The zero-order valence-electron chi connectivity index (χ0n) is 12.8. The fourth-order valence-electron chi connectivity index (χ4n) is 2.04. The molecule has 0 radical (unpaired) electrons. The first-order valence-corrected chi connectivity index (χ1v) is 6.90. The Balaban J connectivity index is 2.07. The smallest absolute Gasteiger partial charge is 0.0705 e. The maximum Gasteiger partial charge on any atom is 0.0705 e. The molecule has 3 nitrogen and oxygen atoms in total. The van der Waals surface area contributed by atoms with Crippen molar-refractivity contribution >= 4 is 17.6 Å². The van der Waals surface area contributed by atoms with E-state index >= 15 is 0 Å². The summed E-state index contributed by atoms with van der Waals surface area (Å²) >= 11 is 0. The lowest BCUT2D eigenvalue weighted by molar-refractivity contribution is 1.02. The molecule has 21 heavy (non-hydrogen) atoms. The van der Waals surface area contributed by atoms with E-state index in [4.69, 9.17) is 0 Å². The molecule has 2 rings (SSSR count). The summed E-state index contributed by atoms with van der Waals surface area (Å²) in [6.07, 6.45) is 1.78. The van der Waals surface area contributed by atoms with Crippen molar-refractivity contribution in [3.63, 3.8) is 0 Å². The molecular formula is C18H21N3. The van der Waals surface area contributed by atoms with Crippen molar-refractivity contribution in [2.45, 2.75) is 6.92 Å². The summed E-state index contributed by atoms with van der Waals surface area (Å²) in [5.41, 5.74) is 4.23. The highest BCUT2D eigenvalue weighted by molar-refractivity contribution is 5.84. The Hall–Kier alpha value is -2.55. The number of hydrazone groups is 1. The molecule has 0 saturated carbocycles. The Labute approximate surface area is 126 Å². The molecule has 0 heterocycles. The van der Waals surface area contributed by atoms with E-state index in [1.807, 2.05) is 66.5 Å². The molecular weight excluding hydrogens is 258 g/mol. The van der Waals surface area contributed by atoms with E-state index in [0.717, 1.165) is 17.1 Å². The van der Waals surface area contributed by atoms with Crippen LogP contribution < -0.4 is 9.91 Å². The third kappa shape index (κ3) is 3.72. The first kappa shape index (κ1) is 14.9. The second-order valence-corrected chi connectivity index (χ2v) is 4.94. The number of rotatable bonds is 5. The first-order valence-electron chi connectivity index (χ1n) is 6.90. The highest BCUT2D eigenvalue weighted by atomic mass is 15.4. The molecule has 0 aromatic heterocycles. The molecule has 0 N–H and O–H groups in total. The normalized spacial score (nSPS) is 10.6. The highest BCUT2D eigenvalue weighted by Gasteiger charge is 2.06. The first-order chi connectivity index (χ1) is 10.1. The topological polar surface area (TPSA) is 18.8 Å². The van der Waals surface area contributed by atoms with E-state index in [-0.39, 0.29) is 0 Å². The van der Waals surface area contributed by atoms with Crippen molar-refractivity contribution in [1.29, 1.82) is 0 Å². The summed E-state index contributed by atoms with van der Waals surface area (Å²) in [5.74, 6) is 0. The van der Waals surface area contributed by atoms with Gasteiger partial charge in [0.25, 0.3) is 0 Å². The van der Waals surface area contributed by atoms with Crippen LogP contribution in [0.5, 0.6) is 0 Å². The van der Waals surface area contributed by atoms with Crippen LogP contribution in [0.4, 0.5) is 11.4 Å². The number of hydrogen-bond donors (Lipinski definition) is 0. The largest absolute Gasteiger partial charge is 0.344 e. The predicted octanol–water partition coefficient (Wildman–Crippen LogP) is 4.07. The predicted molar refractivity (Wildman–Crippen MR) is 92.1 cm³/mol. The Kier molecular flexibility index (Phi) is 4.77. The Morgan fingerprint density at radius 2 is 1.62 bits per heavy atom. The summed E-state index contributed by atoms with van der Waals surface area (Å²) in [4.78, 5) is 2.04. The molecule has 2 aromatic carbocycles. The van der Waals surface area contributed by atoms with Gasteiger partial charge in [0.1, 0.15) is 0 Å². The molecule has 0 spiro atoms. The van der Waals surface area contributed by atoms with Crippen LogP contribution in [0.3, 0.4) is 0 Å². The van der Waals surface area contributed by atoms with Gasteiger partial charge in [-0.3, -0.25) is 5.01 Å². The van der Waals surface area contributed by atoms with E-state index in [0.29, 0.717) is 0 Å². The van der Waals surface area contributed by atoms with Crippen LogP contribution >= 0.6 is 0 Å². The van der Waals surface area contributed by atoms with Crippen molar-refractivity contribution in [2.24, 2.45) is 5.10 Å². The second-order valence-electron chi connectivity index (χ2n) is 4.94. The maximum absolute atomic E-state index is 4.44. The van der Waals surface area contributed by atoms with Gasteiger partial charge >= 0.3 is 0 Å². The zero-order valence-corrected chi connectivity index (χ0v) is 12.8. The van der Waals surface area contributed by atoms with Crippen LogP contribution in [0.1, 0.15) is 5.56 Å². The molecule has 0 aliphatic carbocycles. The second kappa shape index (κ2) is 6.75. The van der Waals surface area contributed by atoms with Crippen molar-refractivity contribution < 1.29 is 0 Å². The van der Waals surface area contributed by atoms with Gasteiger partial charge in [0.15, 0.2) is 0 Å².